The van der Waals surface area contributed by atoms with E-state index in [4.69, 9.17) is 8.83 Å². The molecule has 0 aliphatic carbocycles. The molecule has 0 aliphatic heterocycles. The first-order valence-corrected chi connectivity index (χ1v) is 16.3. The van der Waals surface area contributed by atoms with Crippen LogP contribution in [0.2, 0.25) is 0 Å². The third-order valence-electron chi connectivity index (χ3n) is 9.77. The summed E-state index contributed by atoms with van der Waals surface area (Å²) in [5.41, 5.74) is 11.8. The molecule has 0 saturated carbocycles. The van der Waals surface area contributed by atoms with Gasteiger partial charge in [-0.15, -0.1) is 0 Å². The molecule has 10 aromatic rings. The van der Waals surface area contributed by atoms with Crippen LogP contribution in [0.25, 0.3) is 99.0 Å². The molecule has 0 fully saturated rings. The summed E-state index contributed by atoms with van der Waals surface area (Å²) in [6.45, 7) is 0. The Morgan fingerprint density at radius 3 is 1.50 bits per heavy atom. The van der Waals surface area contributed by atoms with Gasteiger partial charge in [-0.3, -0.25) is 0 Å². The SMILES string of the molecule is c1ccc(-c2ccc(-c3c4ccccc4c(-c4cccc5c4oc4c5ccc5occ(-c6ccccc6)c54)c4ccccc34)cc2)cc1. The molecule has 48 heavy (non-hydrogen) atoms. The van der Waals surface area contributed by atoms with E-state index in [2.05, 4.69) is 158 Å². The summed E-state index contributed by atoms with van der Waals surface area (Å²) in [5.74, 6) is 0. The van der Waals surface area contributed by atoms with Gasteiger partial charge in [-0.05, 0) is 61.5 Å². The Labute approximate surface area is 277 Å². The second-order valence-electron chi connectivity index (χ2n) is 12.4. The summed E-state index contributed by atoms with van der Waals surface area (Å²) in [4.78, 5) is 0. The van der Waals surface area contributed by atoms with E-state index in [-0.39, 0.29) is 0 Å². The van der Waals surface area contributed by atoms with Crippen LogP contribution in [0.4, 0.5) is 0 Å². The van der Waals surface area contributed by atoms with Gasteiger partial charge in [0.15, 0.2) is 0 Å². The first kappa shape index (κ1) is 26.8. The van der Waals surface area contributed by atoms with Gasteiger partial charge in [-0.1, -0.05) is 152 Å². The average Bonchev–Trinajstić information content (AvgIpc) is 3.77. The van der Waals surface area contributed by atoms with Gasteiger partial charge in [0.05, 0.1) is 11.6 Å². The lowest BCUT2D eigenvalue weighted by molar-refractivity contribution is 0.616. The van der Waals surface area contributed by atoms with E-state index in [0.717, 1.165) is 49.6 Å². The second kappa shape index (κ2) is 10.6. The average molecular weight is 613 g/mol. The lowest BCUT2D eigenvalue weighted by atomic mass is 9.85. The zero-order chi connectivity index (χ0) is 31.6. The maximum absolute atomic E-state index is 6.98. The van der Waals surface area contributed by atoms with E-state index in [1.165, 1.54) is 49.4 Å². The van der Waals surface area contributed by atoms with Crippen molar-refractivity contribution in [1.82, 2.24) is 0 Å². The molecule has 0 atom stereocenters. The zero-order valence-electron chi connectivity index (χ0n) is 26.0. The number of furan rings is 2. The highest BCUT2D eigenvalue weighted by Gasteiger charge is 2.22. The molecule has 2 aromatic heterocycles. The van der Waals surface area contributed by atoms with Gasteiger partial charge in [0.2, 0.25) is 0 Å². The summed E-state index contributed by atoms with van der Waals surface area (Å²) in [5, 5.41) is 8.02. The molecule has 0 spiro atoms. The standard InChI is InChI=1S/C46H28O2/c1-3-12-29(13-4-1)30-22-24-32(25-23-30)42-33-16-7-9-18-35(33)43(36-19-10-8-17-34(36)42)39-21-11-20-37-38-26-27-41-44(46(38)48-45(37)39)40(28-47-41)31-14-5-2-6-15-31/h1-28H. The highest BCUT2D eigenvalue weighted by Crippen LogP contribution is 2.48. The van der Waals surface area contributed by atoms with Gasteiger partial charge < -0.3 is 8.83 Å². The van der Waals surface area contributed by atoms with Crippen molar-refractivity contribution < 1.29 is 8.83 Å². The summed E-state index contributed by atoms with van der Waals surface area (Å²) >= 11 is 0. The topological polar surface area (TPSA) is 26.3 Å². The fraction of sp³-hybridized carbons (Fsp3) is 0. The van der Waals surface area contributed by atoms with Crippen molar-refractivity contribution in [2.75, 3.05) is 0 Å². The van der Waals surface area contributed by atoms with Crippen LogP contribution in [0, 0.1) is 0 Å². The first-order chi connectivity index (χ1) is 23.8. The molecule has 0 N–H and O–H groups in total. The summed E-state index contributed by atoms with van der Waals surface area (Å²) in [6, 6.07) is 58.2. The second-order valence-corrected chi connectivity index (χ2v) is 12.4. The van der Waals surface area contributed by atoms with Crippen molar-refractivity contribution in [3.63, 3.8) is 0 Å². The van der Waals surface area contributed by atoms with Crippen molar-refractivity contribution in [3.05, 3.63) is 170 Å². The fourth-order valence-corrected chi connectivity index (χ4v) is 7.59. The largest absolute Gasteiger partial charge is 0.464 e. The molecule has 0 aliphatic rings. The molecule has 0 bridgehead atoms. The van der Waals surface area contributed by atoms with Gasteiger partial charge in [0.1, 0.15) is 16.7 Å². The number of hydrogen-bond donors (Lipinski definition) is 0. The lowest BCUT2D eigenvalue weighted by Gasteiger charge is -2.18. The number of rotatable bonds is 4. The van der Waals surface area contributed by atoms with Crippen molar-refractivity contribution in [1.29, 1.82) is 0 Å². The third kappa shape index (κ3) is 4.00. The third-order valence-corrected chi connectivity index (χ3v) is 9.77. The summed E-state index contributed by atoms with van der Waals surface area (Å²) in [7, 11) is 0. The van der Waals surface area contributed by atoms with E-state index in [1.54, 1.807) is 0 Å². The molecule has 0 amide bonds. The van der Waals surface area contributed by atoms with Crippen molar-refractivity contribution in [2.45, 2.75) is 0 Å². The molecule has 0 radical (unpaired) electrons. The Morgan fingerprint density at radius 2 is 0.833 bits per heavy atom. The van der Waals surface area contributed by atoms with Crippen LogP contribution in [0.5, 0.6) is 0 Å². The monoisotopic (exact) mass is 612 g/mol. The lowest BCUT2D eigenvalue weighted by Crippen LogP contribution is -1.91. The number of hydrogen-bond acceptors (Lipinski definition) is 2. The Kier molecular flexibility index (Phi) is 5.91. The normalized spacial score (nSPS) is 11.8. The van der Waals surface area contributed by atoms with Crippen LogP contribution in [0.3, 0.4) is 0 Å². The minimum atomic E-state index is 0.820. The number of para-hydroxylation sites is 1. The quantitative estimate of drug-likeness (QED) is 0.185. The molecular weight excluding hydrogens is 585 g/mol. The van der Waals surface area contributed by atoms with Gasteiger partial charge in [-0.25, -0.2) is 0 Å². The minimum Gasteiger partial charge on any atom is -0.464 e. The molecule has 10 rings (SSSR count). The molecule has 2 heteroatoms. The minimum absolute atomic E-state index is 0.820. The predicted molar refractivity (Wildman–Crippen MR) is 200 cm³/mol. The van der Waals surface area contributed by atoms with Crippen LogP contribution in [-0.4, -0.2) is 0 Å². The van der Waals surface area contributed by atoms with Crippen molar-refractivity contribution in [3.8, 4) is 44.5 Å². The van der Waals surface area contributed by atoms with Gasteiger partial charge in [-0.2, -0.15) is 0 Å². The van der Waals surface area contributed by atoms with Crippen LogP contribution in [0.1, 0.15) is 0 Å². The predicted octanol–water partition coefficient (Wildman–Crippen LogP) is 13.3. The molecule has 224 valence electrons. The van der Waals surface area contributed by atoms with Crippen molar-refractivity contribution >= 4 is 54.5 Å². The number of benzene rings is 8. The van der Waals surface area contributed by atoms with Crippen LogP contribution >= 0.6 is 0 Å². The highest BCUT2D eigenvalue weighted by molar-refractivity contribution is 6.25. The smallest absolute Gasteiger partial charge is 0.147 e. The summed E-state index contributed by atoms with van der Waals surface area (Å²) in [6.07, 6.45) is 1.85. The van der Waals surface area contributed by atoms with E-state index < -0.39 is 0 Å². The van der Waals surface area contributed by atoms with Gasteiger partial charge in [0.25, 0.3) is 0 Å². The van der Waals surface area contributed by atoms with Gasteiger partial charge >= 0.3 is 0 Å². The molecule has 0 saturated heterocycles. The molecule has 8 aromatic carbocycles. The first-order valence-electron chi connectivity index (χ1n) is 16.3. The maximum atomic E-state index is 6.98. The Morgan fingerprint density at radius 1 is 0.312 bits per heavy atom. The van der Waals surface area contributed by atoms with E-state index >= 15 is 0 Å². The number of fused-ring (bicyclic) bond motifs is 7. The Bertz CT molecular complexity index is 2750. The highest BCUT2D eigenvalue weighted by atomic mass is 16.3. The summed E-state index contributed by atoms with van der Waals surface area (Å²) < 4.78 is 13.0. The van der Waals surface area contributed by atoms with E-state index in [1.807, 2.05) is 12.3 Å². The van der Waals surface area contributed by atoms with Crippen LogP contribution < -0.4 is 0 Å². The molecular formula is C46H28O2. The van der Waals surface area contributed by atoms with Crippen LogP contribution in [-0.2, 0) is 0 Å². The molecule has 0 unspecified atom stereocenters. The van der Waals surface area contributed by atoms with E-state index in [0.29, 0.717) is 0 Å². The molecule has 2 nitrogen and oxygen atoms in total. The van der Waals surface area contributed by atoms with E-state index in [9.17, 15) is 0 Å². The zero-order valence-corrected chi connectivity index (χ0v) is 26.0. The molecule has 2 heterocycles. The maximum Gasteiger partial charge on any atom is 0.147 e. The Balaban J connectivity index is 1.25. The van der Waals surface area contributed by atoms with Crippen LogP contribution in [0.15, 0.2) is 179 Å². The Hall–Kier alpha value is -6.38. The fourth-order valence-electron chi connectivity index (χ4n) is 7.59. The van der Waals surface area contributed by atoms with Crippen molar-refractivity contribution in [2.24, 2.45) is 0 Å². The van der Waals surface area contributed by atoms with Gasteiger partial charge in [0, 0.05) is 27.5 Å².